The summed E-state index contributed by atoms with van der Waals surface area (Å²) in [5.41, 5.74) is 8.09. The molecule has 190 valence electrons. The van der Waals surface area contributed by atoms with Crippen LogP contribution in [0.15, 0.2) is 78.0 Å². The minimum absolute atomic E-state index is 0.114. The van der Waals surface area contributed by atoms with E-state index in [1.165, 1.54) is 0 Å². The van der Waals surface area contributed by atoms with Gasteiger partial charge >= 0.3 is 0 Å². The van der Waals surface area contributed by atoms with E-state index in [9.17, 15) is 5.11 Å². The van der Waals surface area contributed by atoms with Gasteiger partial charge in [-0.25, -0.2) is 10.4 Å². The van der Waals surface area contributed by atoms with Gasteiger partial charge in [-0.1, -0.05) is 24.3 Å². The van der Waals surface area contributed by atoms with Crippen molar-refractivity contribution >= 4 is 29.4 Å². The molecule has 0 amide bonds. The van der Waals surface area contributed by atoms with Crippen LogP contribution in [-0.2, 0) is 0 Å². The van der Waals surface area contributed by atoms with Crippen LogP contribution in [0.2, 0.25) is 0 Å². The van der Waals surface area contributed by atoms with E-state index in [0.29, 0.717) is 37.1 Å². The summed E-state index contributed by atoms with van der Waals surface area (Å²) in [6, 6.07) is 20.8. The summed E-state index contributed by atoms with van der Waals surface area (Å²) in [4.78, 5) is 13.2. The molecule has 0 atom stereocenters. The standard InChI is InChI=1S/C27H30N8O2/c1-19-15-26(29-12-11-28-13-14-36)34-27(32-19)35-31-18-23-9-10-24(17-30-23)33-22-7-5-20(6-8-22)21-3-2-4-25(37)16-21/h2-10,15-18,28,33,36-37H,11-14H2,1H3,(H2,29,32,34,35)/b31-18+. The van der Waals surface area contributed by atoms with Crippen molar-refractivity contribution in [3.63, 3.8) is 0 Å². The molecule has 0 unspecified atom stereocenters. The van der Waals surface area contributed by atoms with Crippen molar-refractivity contribution in [3.8, 4) is 16.9 Å². The van der Waals surface area contributed by atoms with Gasteiger partial charge in [0.15, 0.2) is 0 Å². The zero-order valence-corrected chi connectivity index (χ0v) is 20.5. The molecule has 2 heterocycles. The number of aromatic nitrogens is 3. The average Bonchev–Trinajstić information content (AvgIpc) is 2.90. The molecule has 0 saturated heterocycles. The molecule has 2 aromatic heterocycles. The van der Waals surface area contributed by atoms with E-state index in [1.54, 1.807) is 24.5 Å². The third-order valence-electron chi connectivity index (χ3n) is 5.25. The minimum Gasteiger partial charge on any atom is -0.508 e. The number of hydrogen-bond donors (Lipinski definition) is 6. The lowest BCUT2D eigenvalue weighted by atomic mass is 10.1. The second kappa shape index (κ2) is 13.0. The first-order valence-corrected chi connectivity index (χ1v) is 11.9. The van der Waals surface area contributed by atoms with Gasteiger partial charge in [0, 0.05) is 37.1 Å². The van der Waals surface area contributed by atoms with Gasteiger partial charge in [-0.2, -0.15) is 10.1 Å². The van der Waals surface area contributed by atoms with Crippen LogP contribution in [0, 0.1) is 6.92 Å². The number of nitrogens with one attached hydrogen (secondary N) is 4. The first-order valence-electron chi connectivity index (χ1n) is 11.9. The van der Waals surface area contributed by atoms with Crippen molar-refractivity contribution in [1.82, 2.24) is 20.3 Å². The smallest absolute Gasteiger partial charge is 0.245 e. The molecule has 0 spiro atoms. The van der Waals surface area contributed by atoms with E-state index in [2.05, 4.69) is 41.4 Å². The van der Waals surface area contributed by atoms with E-state index in [0.717, 1.165) is 28.2 Å². The predicted molar refractivity (Wildman–Crippen MR) is 147 cm³/mol. The molecule has 6 N–H and O–H groups in total. The van der Waals surface area contributed by atoms with Crippen LogP contribution in [0.5, 0.6) is 5.75 Å². The second-order valence-electron chi connectivity index (χ2n) is 8.21. The molecule has 2 aromatic carbocycles. The van der Waals surface area contributed by atoms with Crippen LogP contribution in [0.3, 0.4) is 0 Å². The van der Waals surface area contributed by atoms with Crippen LogP contribution in [0.4, 0.5) is 23.1 Å². The van der Waals surface area contributed by atoms with Gasteiger partial charge in [0.05, 0.1) is 30.4 Å². The molecule has 10 nitrogen and oxygen atoms in total. The third-order valence-corrected chi connectivity index (χ3v) is 5.25. The second-order valence-corrected chi connectivity index (χ2v) is 8.21. The summed E-state index contributed by atoms with van der Waals surface area (Å²) < 4.78 is 0. The topological polar surface area (TPSA) is 140 Å². The third kappa shape index (κ3) is 7.99. The van der Waals surface area contributed by atoms with Gasteiger partial charge in [-0.3, -0.25) is 4.98 Å². The largest absolute Gasteiger partial charge is 0.508 e. The highest BCUT2D eigenvalue weighted by Gasteiger charge is 2.03. The normalized spacial score (nSPS) is 11.0. The number of hydrogen-bond acceptors (Lipinski definition) is 10. The molecule has 0 aliphatic heterocycles. The maximum absolute atomic E-state index is 9.68. The van der Waals surface area contributed by atoms with Crippen molar-refractivity contribution in [2.45, 2.75) is 6.92 Å². The van der Waals surface area contributed by atoms with Crippen LogP contribution < -0.4 is 21.4 Å². The zero-order chi connectivity index (χ0) is 25.9. The van der Waals surface area contributed by atoms with Crippen molar-refractivity contribution in [2.75, 3.05) is 42.3 Å². The summed E-state index contributed by atoms with van der Waals surface area (Å²) in [5.74, 6) is 1.32. The molecule has 0 bridgehead atoms. The lowest BCUT2D eigenvalue weighted by Gasteiger charge is -2.09. The number of phenols is 1. The summed E-state index contributed by atoms with van der Waals surface area (Å²) in [5, 5.41) is 32.3. The Morgan fingerprint density at radius 1 is 0.892 bits per heavy atom. The minimum atomic E-state index is 0.114. The van der Waals surface area contributed by atoms with E-state index in [1.807, 2.05) is 61.5 Å². The van der Waals surface area contributed by atoms with Gasteiger partial charge in [-0.15, -0.1) is 0 Å². The van der Waals surface area contributed by atoms with Gasteiger partial charge in [-0.05, 0) is 54.4 Å². The average molecular weight is 499 g/mol. The Labute approximate surface area is 215 Å². The molecular weight excluding hydrogens is 468 g/mol. The summed E-state index contributed by atoms with van der Waals surface area (Å²) in [7, 11) is 0. The number of aliphatic hydroxyl groups excluding tert-OH is 1. The van der Waals surface area contributed by atoms with E-state index in [-0.39, 0.29) is 12.4 Å². The molecule has 10 heteroatoms. The number of benzene rings is 2. The zero-order valence-electron chi connectivity index (χ0n) is 20.5. The highest BCUT2D eigenvalue weighted by Crippen LogP contribution is 2.25. The van der Waals surface area contributed by atoms with Crippen molar-refractivity contribution in [3.05, 3.63) is 84.3 Å². The number of pyridine rings is 1. The number of aliphatic hydroxyl groups is 1. The molecule has 0 aliphatic carbocycles. The quantitative estimate of drug-likeness (QED) is 0.0979. The Hall–Kier alpha value is -4.54. The molecular formula is C27H30N8O2. The lowest BCUT2D eigenvalue weighted by Crippen LogP contribution is -2.25. The predicted octanol–water partition coefficient (Wildman–Crippen LogP) is 3.74. The van der Waals surface area contributed by atoms with Crippen LogP contribution >= 0.6 is 0 Å². The number of aromatic hydroxyl groups is 1. The Kier molecular flexibility index (Phi) is 8.95. The van der Waals surface area contributed by atoms with Crippen LogP contribution in [0.1, 0.15) is 11.4 Å². The molecule has 4 rings (SSSR count). The summed E-state index contributed by atoms with van der Waals surface area (Å²) in [6.45, 7) is 3.95. The number of aryl methyl sites for hydroxylation is 1. The Morgan fingerprint density at radius 3 is 2.49 bits per heavy atom. The molecule has 37 heavy (non-hydrogen) atoms. The summed E-state index contributed by atoms with van der Waals surface area (Å²) >= 11 is 0. The van der Waals surface area contributed by atoms with Gasteiger partial charge in [0.25, 0.3) is 0 Å². The number of phenolic OH excluding ortho intramolecular Hbond substituents is 1. The lowest BCUT2D eigenvalue weighted by molar-refractivity contribution is 0.293. The fourth-order valence-corrected chi connectivity index (χ4v) is 3.50. The maximum atomic E-state index is 9.68. The molecule has 4 aromatic rings. The van der Waals surface area contributed by atoms with E-state index >= 15 is 0 Å². The molecule has 0 fully saturated rings. The van der Waals surface area contributed by atoms with E-state index < -0.39 is 0 Å². The number of nitrogens with zero attached hydrogens (tertiary/aromatic N) is 4. The highest BCUT2D eigenvalue weighted by atomic mass is 16.3. The molecule has 0 aliphatic rings. The SMILES string of the molecule is Cc1cc(NCCNCCO)nc(N/N=C/c2ccc(Nc3ccc(-c4cccc(O)c4)cc3)cn2)n1. The Morgan fingerprint density at radius 2 is 1.73 bits per heavy atom. The van der Waals surface area contributed by atoms with Crippen molar-refractivity contribution < 1.29 is 10.2 Å². The Bertz CT molecular complexity index is 1310. The van der Waals surface area contributed by atoms with Crippen molar-refractivity contribution in [2.24, 2.45) is 5.10 Å². The Balaban J connectivity index is 1.29. The van der Waals surface area contributed by atoms with Crippen LogP contribution in [0.25, 0.3) is 11.1 Å². The van der Waals surface area contributed by atoms with Gasteiger partial charge in [0.1, 0.15) is 11.6 Å². The fourth-order valence-electron chi connectivity index (χ4n) is 3.50. The highest BCUT2D eigenvalue weighted by molar-refractivity contribution is 5.78. The fraction of sp³-hybridized carbons (Fsp3) is 0.185. The van der Waals surface area contributed by atoms with Crippen LogP contribution in [-0.4, -0.2) is 57.6 Å². The number of hydrazone groups is 1. The maximum Gasteiger partial charge on any atom is 0.245 e. The van der Waals surface area contributed by atoms with Gasteiger partial charge < -0.3 is 26.2 Å². The van der Waals surface area contributed by atoms with E-state index in [4.69, 9.17) is 5.11 Å². The van der Waals surface area contributed by atoms with Crippen molar-refractivity contribution in [1.29, 1.82) is 0 Å². The molecule has 0 radical (unpaired) electrons. The number of anilines is 4. The summed E-state index contributed by atoms with van der Waals surface area (Å²) in [6.07, 6.45) is 3.34. The van der Waals surface area contributed by atoms with Gasteiger partial charge in [0.2, 0.25) is 5.95 Å². The number of rotatable bonds is 12. The first-order chi connectivity index (χ1) is 18.1. The monoisotopic (exact) mass is 498 g/mol. The first kappa shape index (κ1) is 25.5. The molecule has 0 saturated carbocycles.